The number of fused-ring (bicyclic) bond motifs is 1. The van der Waals surface area contributed by atoms with Crippen LogP contribution in [0.1, 0.15) is 84.6 Å². The molecular weight excluding hydrogens is 592 g/mol. The summed E-state index contributed by atoms with van der Waals surface area (Å²) >= 11 is 0. The van der Waals surface area contributed by atoms with E-state index in [0.717, 1.165) is 49.0 Å². The van der Waals surface area contributed by atoms with Crippen molar-refractivity contribution in [1.82, 2.24) is 14.7 Å². The number of esters is 1. The molecule has 9 nitrogen and oxygen atoms in total. The minimum atomic E-state index is -0.945. The SMILES string of the molecule is CCOC(=O)c1cnn(-c2cccc(-c3cccc4c3C(Nc3ccc(C5CCN(C(=O)[C@H](C)O)CC5)c(CC)c3)CC4)c2)c1OC. The number of likely N-dealkylation sites (tertiary alicyclic amines) is 1. The molecule has 1 unspecified atom stereocenters. The van der Waals surface area contributed by atoms with Gasteiger partial charge in [0, 0.05) is 18.8 Å². The van der Waals surface area contributed by atoms with Gasteiger partial charge in [0.1, 0.15) is 11.7 Å². The van der Waals surface area contributed by atoms with E-state index in [1.54, 1.807) is 23.4 Å². The Labute approximate surface area is 276 Å². The number of nitrogens with zero attached hydrogens (tertiary/aromatic N) is 3. The van der Waals surface area contributed by atoms with Crippen molar-refractivity contribution in [3.63, 3.8) is 0 Å². The van der Waals surface area contributed by atoms with Crippen LogP contribution >= 0.6 is 0 Å². The molecule has 0 saturated carbocycles. The summed E-state index contributed by atoms with van der Waals surface area (Å²) in [5.74, 6) is 0.110. The molecule has 1 saturated heterocycles. The van der Waals surface area contributed by atoms with Crippen LogP contribution in [0.15, 0.2) is 66.9 Å². The van der Waals surface area contributed by atoms with E-state index in [9.17, 15) is 14.7 Å². The smallest absolute Gasteiger partial charge is 0.345 e. The van der Waals surface area contributed by atoms with E-state index in [1.165, 1.54) is 41.1 Å². The highest BCUT2D eigenvalue weighted by molar-refractivity contribution is 5.92. The molecule has 2 heterocycles. The first kappa shape index (κ1) is 32.3. The third-order valence-electron chi connectivity index (χ3n) is 9.53. The van der Waals surface area contributed by atoms with Crippen LogP contribution in [0, 0.1) is 0 Å². The van der Waals surface area contributed by atoms with E-state index in [1.807, 2.05) is 12.1 Å². The van der Waals surface area contributed by atoms with Gasteiger partial charge in [-0.3, -0.25) is 4.79 Å². The fourth-order valence-corrected chi connectivity index (χ4v) is 7.23. The van der Waals surface area contributed by atoms with Gasteiger partial charge in [-0.15, -0.1) is 0 Å². The molecule has 1 fully saturated rings. The molecule has 4 aromatic rings. The predicted octanol–water partition coefficient (Wildman–Crippen LogP) is 6.47. The van der Waals surface area contributed by atoms with E-state index in [4.69, 9.17) is 9.47 Å². The fraction of sp³-hybridized carbons (Fsp3) is 0.395. The maximum absolute atomic E-state index is 12.5. The van der Waals surface area contributed by atoms with Gasteiger partial charge in [-0.1, -0.05) is 43.3 Å². The van der Waals surface area contributed by atoms with Gasteiger partial charge in [0.05, 0.1) is 31.6 Å². The second-order valence-corrected chi connectivity index (χ2v) is 12.4. The Kier molecular flexibility index (Phi) is 9.63. The largest absolute Gasteiger partial charge is 0.480 e. The Bertz CT molecular complexity index is 1750. The van der Waals surface area contributed by atoms with Crippen LogP contribution in [-0.4, -0.2) is 64.6 Å². The van der Waals surface area contributed by atoms with Crippen molar-refractivity contribution >= 4 is 17.6 Å². The molecule has 1 aliphatic heterocycles. The van der Waals surface area contributed by atoms with E-state index in [2.05, 4.69) is 65.9 Å². The highest BCUT2D eigenvalue weighted by Gasteiger charge is 2.29. The number of amides is 1. The average molecular weight is 637 g/mol. The van der Waals surface area contributed by atoms with Crippen molar-refractivity contribution in [3.05, 3.63) is 94.7 Å². The number of nitrogens with one attached hydrogen (secondary N) is 1. The van der Waals surface area contributed by atoms with Gasteiger partial charge in [0.15, 0.2) is 0 Å². The normalized spacial score (nSPS) is 16.9. The number of aliphatic hydroxyl groups is 1. The Morgan fingerprint density at radius 2 is 1.83 bits per heavy atom. The van der Waals surface area contributed by atoms with Gasteiger partial charge in [0.2, 0.25) is 5.88 Å². The lowest BCUT2D eigenvalue weighted by Gasteiger charge is -2.34. The molecule has 1 aliphatic carbocycles. The number of aryl methyl sites for hydroxylation is 2. The minimum absolute atomic E-state index is 0.157. The molecule has 3 aromatic carbocycles. The molecular formula is C38H44N4O5. The number of rotatable bonds is 10. The van der Waals surface area contributed by atoms with Crippen molar-refractivity contribution in [2.24, 2.45) is 0 Å². The Morgan fingerprint density at radius 1 is 1.04 bits per heavy atom. The number of methoxy groups -OCH3 is 1. The molecule has 0 spiro atoms. The first-order valence-electron chi connectivity index (χ1n) is 16.7. The molecule has 9 heteroatoms. The van der Waals surface area contributed by atoms with E-state index < -0.39 is 12.1 Å². The predicted molar refractivity (Wildman–Crippen MR) is 182 cm³/mol. The lowest BCUT2D eigenvalue weighted by molar-refractivity contribution is -0.140. The number of hydrogen-bond acceptors (Lipinski definition) is 7. The lowest BCUT2D eigenvalue weighted by Crippen LogP contribution is -2.42. The van der Waals surface area contributed by atoms with E-state index >= 15 is 0 Å². The molecule has 0 bridgehead atoms. The number of carbonyl (C=O) groups excluding carboxylic acids is 2. The molecule has 6 rings (SSSR count). The Balaban J connectivity index is 1.24. The van der Waals surface area contributed by atoms with Gasteiger partial charge < -0.3 is 24.8 Å². The van der Waals surface area contributed by atoms with Crippen LogP contribution in [-0.2, 0) is 22.4 Å². The molecule has 2 atom stereocenters. The minimum Gasteiger partial charge on any atom is -0.480 e. The molecule has 1 aromatic heterocycles. The zero-order valence-corrected chi connectivity index (χ0v) is 27.7. The van der Waals surface area contributed by atoms with Crippen LogP contribution in [0.25, 0.3) is 16.8 Å². The van der Waals surface area contributed by atoms with E-state index in [0.29, 0.717) is 30.5 Å². The number of aliphatic hydroxyl groups excluding tert-OH is 1. The fourth-order valence-electron chi connectivity index (χ4n) is 7.23. The van der Waals surface area contributed by atoms with Gasteiger partial charge in [-0.05, 0) is 110 Å². The monoisotopic (exact) mass is 636 g/mol. The van der Waals surface area contributed by atoms with Gasteiger partial charge in [-0.25, -0.2) is 9.48 Å². The van der Waals surface area contributed by atoms with Crippen LogP contribution < -0.4 is 10.1 Å². The summed E-state index contributed by atoms with van der Waals surface area (Å²) in [7, 11) is 1.53. The number of ether oxygens (including phenoxy) is 2. The second kappa shape index (κ2) is 14.0. The summed E-state index contributed by atoms with van der Waals surface area (Å²) in [5, 5.41) is 18.1. The quantitative estimate of drug-likeness (QED) is 0.192. The average Bonchev–Trinajstić information content (AvgIpc) is 3.72. The summed E-state index contributed by atoms with van der Waals surface area (Å²) in [6.07, 6.45) is 5.29. The molecule has 47 heavy (non-hydrogen) atoms. The van der Waals surface area contributed by atoms with Crippen molar-refractivity contribution in [1.29, 1.82) is 0 Å². The first-order valence-corrected chi connectivity index (χ1v) is 16.7. The summed E-state index contributed by atoms with van der Waals surface area (Å²) < 4.78 is 12.4. The Hall–Kier alpha value is -4.63. The number of hydrogen-bond donors (Lipinski definition) is 2. The molecule has 2 aliphatic rings. The van der Waals surface area contributed by atoms with Gasteiger partial charge in [-0.2, -0.15) is 5.10 Å². The standard InChI is InChI=1S/C38H44N4O5/c1-5-25-21-29(14-15-31(25)26-17-19-41(20-18-26)36(44)24(3)43)40-34-16-13-27-9-8-12-32(35(27)34)28-10-7-11-30(22-28)42-37(46-4)33(23-39-42)38(45)47-6-2/h7-12,14-15,21-24,26,34,40,43H,5-6,13,16-20H2,1-4H3/t24-,34?/m0/s1. The number of benzene rings is 3. The van der Waals surface area contributed by atoms with Crippen molar-refractivity contribution in [3.8, 4) is 22.7 Å². The zero-order chi connectivity index (χ0) is 33.1. The van der Waals surface area contributed by atoms with Crippen LogP contribution in [0.4, 0.5) is 5.69 Å². The number of piperidine rings is 1. The highest BCUT2D eigenvalue weighted by atomic mass is 16.5. The van der Waals surface area contributed by atoms with Crippen molar-refractivity contribution in [2.75, 3.05) is 32.1 Å². The molecule has 2 N–H and O–H groups in total. The first-order chi connectivity index (χ1) is 22.8. The van der Waals surface area contributed by atoms with Crippen LogP contribution in [0.3, 0.4) is 0 Å². The third kappa shape index (κ3) is 6.49. The molecule has 0 radical (unpaired) electrons. The highest BCUT2D eigenvalue weighted by Crippen LogP contribution is 2.42. The number of carbonyl (C=O) groups is 2. The maximum atomic E-state index is 12.5. The van der Waals surface area contributed by atoms with Gasteiger partial charge >= 0.3 is 5.97 Å². The molecule has 246 valence electrons. The van der Waals surface area contributed by atoms with Crippen molar-refractivity contribution in [2.45, 2.75) is 70.9 Å². The number of aromatic nitrogens is 2. The van der Waals surface area contributed by atoms with E-state index in [-0.39, 0.29) is 18.6 Å². The molecule has 1 amide bonds. The number of anilines is 1. The summed E-state index contributed by atoms with van der Waals surface area (Å²) in [6.45, 7) is 7.15. The summed E-state index contributed by atoms with van der Waals surface area (Å²) in [4.78, 5) is 26.5. The Morgan fingerprint density at radius 3 is 2.55 bits per heavy atom. The van der Waals surface area contributed by atoms with Crippen LogP contribution in [0.5, 0.6) is 5.88 Å². The summed E-state index contributed by atoms with van der Waals surface area (Å²) in [5.41, 5.74) is 9.78. The second-order valence-electron chi connectivity index (χ2n) is 12.4. The van der Waals surface area contributed by atoms with Crippen molar-refractivity contribution < 1.29 is 24.2 Å². The summed E-state index contributed by atoms with van der Waals surface area (Å²) in [6, 6.07) is 21.6. The lowest BCUT2D eigenvalue weighted by atomic mass is 9.85. The zero-order valence-electron chi connectivity index (χ0n) is 27.7. The van der Waals surface area contributed by atoms with Crippen LogP contribution in [0.2, 0.25) is 0 Å². The van der Waals surface area contributed by atoms with Gasteiger partial charge in [0.25, 0.3) is 5.91 Å². The maximum Gasteiger partial charge on any atom is 0.345 e. The third-order valence-corrected chi connectivity index (χ3v) is 9.53. The topological polar surface area (TPSA) is 106 Å².